The number of carboxylic acid groups (broad SMARTS) is 1. The molecule has 0 heterocycles. The molecule has 3 N–H and O–H groups in total. The second-order valence-electron chi connectivity index (χ2n) is 5.72. The molecule has 0 aromatic heterocycles. The molecule has 2 atom stereocenters. The summed E-state index contributed by atoms with van der Waals surface area (Å²) in [6.07, 6.45) is 0.819. The van der Waals surface area contributed by atoms with E-state index in [1.165, 1.54) is 12.1 Å². The van der Waals surface area contributed by atoms with Crippen LogP contribution in [0.4, 0.5) is 10.5 Å². The number of carbonyl (C=O) groups is 2. The van der Waals surface area contributed by atoms with Crippen LogP contribution in [0.15, 0.2) is 59.1 Å². The average Bonchev–Trinajstić information content (AvgIpc) is 2.62. The maximum absolute atomic E-state index is 12.4. The standard InChI is InChI=1S/C19H17BrINO5/c1-11(2-9-17(24)25)18(15-10-13(21)5-8-16(15)23)27-19(26)22-14-6-3-12(20)4-7-14/h2-11,18,23H,1H3,(H,22,26)(H,24,25)/b9-2+/t11-,18-/m0/s1. The molecule has 6 nitrogen and oxygen atoms in total. The largest absolute Gasteiger partial charge is 0.508 e. The summed E-state index contributed by atoms with van der Waals surface area (Å²) in [7, 11) is 0. The predicted molar refractivity (Wildman–Crippen MR) is 114 cm³/mol. The van der Waals surface area contributed by atoms with Gasteiger partial charge in [0.2, 0.25) is 0 Å². The number of amides is 1. The number of benzene rings is 2. The predicted octanol–water partition coefficient (Wildman–Crippen LogP) is 5.33. The van der Waals surface area contributed by atoms with E-state index >= 15 is 0 Å². The number of carbonyl (C=O) groups excluding carboxylic acids is 1. The van der Waals surface area contributed by atoms with Crippen LogP contribution in [0, 0.1) is 9.49 Å². The Morgan fingerprint density at radius 2 is 1.89 bits per heavy atom. The highest BCUT2D eigenvalue weighted by molar-refractivity contribution is 14.1. The van der Waals surface area contributed by atoms with Crippen molar-refractivity contribution in [3.8, 4) is 5.75 Å². The molecule has 8 heteroatoms. The third kappa shape index (κ3) is 6.55. The quantitative estimate of drug-likeness (QED) is 0.337. The molecule has 2 rings (SSSR count). The smallest absolute Gasteiger partial charge is 0.412 e. The molecule has 0 radical (unpaired) electrons. The van der Waals surface area contributed by atoms with Gasteiger partial charge in [-0.2, -0.15) is 0 Å². The van der Waals surface area contributed by atoms with Gasteiger partial charge in [0.25, 0.3) is 0 Å². The summed E-state index contributed by atoms with van der Waals surface area (Å²) in [5.41, 5.74) is 0.943. The maximum Gasteiger partial charge on any atom is 0.412 e. The van der Waals surface area contributed by atoms with Crippen LogP contribution in [0.5, 0.6) is 5.75 Å². The van der Waals surface area contributed by atoms with E-state index in [1.54, 1.807) is 43.3 Å². The molecule has 0 aliphatic heterocycles. The van der Waals surface area contributed by atoms with Crippen molar-refractivity contribution in [3.05, 3.63) is 68.2 Å². The number of phenols is 1. The van der Waals surface area contributed by atoms with E-state index in [9.17, 15) is 14.7 Å². The Balaban J connectivity index is 2.25. The fourth-order valence-corrected chi connectivity index (χ4v) is 3.12. The van der Waals surface area contributed by atoms with Gasteiger partial charge in [-0.05, 0) is 65.1 Å². The Kier molecular flexibility index (Phi) is 7.66. The van der Waals surface area contributed by atoms with Crippen molar-refractivity contribution in [1.29, 1.82) is 0 Å². The lowest BCUT2D eigenvalue weighted by molar-refractivity contribution is -0.131. The van der Waals surface area contributed by atoms with E-state index in [0.717, 1.165) is 14.1 Å². The first-order chi connectivity index (χ1) is 12.8. The maximum atomic E-state index is 12.4. The number of halogens is 2. The second kappa shape index (κ2) is 9.75. The van der Waals surface area contributed by atoms with Crippen LogP contribution >= 0.6 is 38.5 Å². The first-order valence-corrected chi connectivity index (χ1v) is 9.76. The Morgan fingerprint density at radius 3 is 2.52 bits per heavy atom. The number of aromatic hydroxyl groups is 1. The first-order valence-electron chi connectivity index (χ1n) is 7.89. The lowest BCUT2D eigenvalue weighted by Crippen LogP contribution is -2.21. The van der Waals surface area contributed by atoms with Gasteiger partial charge in [-0.3, -0.25) is 5.32 Å². The highest BCUT2D eigenvalue weighted by Gasteiger charge is 2.25. The Labute approximate surface area is 178 Å². The molecule has 0 aliphatic carbocycles. The summed E-state index contributed by atoms with van der Waals surface area (Å²) >= 11 is 5.40. The summed E-state index contributed by atoms with van der Waals surface area (Å²) < 4.78 is 7.25. The second-order valence-corrected chi connectivity index (χ2v) is 7.88. The molecule has 0 bridgehead atoms. The van der Waals surface area contributed by atoms with E-state index in [0.29, 0.717) is 11.3 Å². The topological polar surface area (TPSA) is 95.9 Å². The van der Waals surface area contributed by atoms with Gasteiger partial charge in [-0.25, -0.2) is 9.59 Å². The van der Waals surface area contributed by atoms with E-state index in [2.05, 4.69) is 43.8 Å². The van der Waals surface area contributed by atoms with E-state index < -0.39 is 24.1 Å². The average molecular weight is 546 g/mol. The molecule has 142 valence electrons. The summed E-state index contributed by atoms with van der Waals surface area (Å²) in [6.45, 7) is 1.70. The number of nitrogens with one attached hydrogen (secondary N) is 1. The number of hydrogen-bond acceptors (Lipinski definition) is 4. The van der Waals surface area contributed by atoms with Gasteiger partial charge in [-0.15, -0.1) is 0 Å². The van der Waals surface area contributed by atoms with Crippen LogP contribution in [0.2, 0.25) is 0 Å². The van der Waals surface area contributed by atoms with E-state index in [1.807, 2.05) is 0 Å². The number of anilines is 1. The zero-order valence-corrected chi connectivity index (χ0v) is 18.0. The van der Waals surface area contributed by atoms with Crippen LogP contribution in [-0.4, -0.2) is 22.3 Å². The molecule has 0 saturated heterocycles. The lowest BCUT2D eigenvalue weighted by atomic mass is 9.96. The fraction of sp³-hybridized carbons (Fsp3) is 0.158. The number of phenolic OH excluding ortho intramolecular Hbond substituents is 1. The Morgan fingerprint density at radius 1 is 1.22 bits per heavy atom. The highest BCUT2D eigenvalue weighted by Crippen LogP contribution is 2.34. The molecule has 0 saturated carbocycles. The van der Waals surface area contributed by atoms with E-state index in [4.69, 9.17) is 9.84 Å². The van der Waals surface area contributed by atoms with Gasteiger partial charge in [0.1, 0.15) is 11.9 Å². The summed E-state index contributed by atoms with van der Waals surface area (Å²) in [4.78, 5) is 23.2. The third-order valence-corrected chi connectivity index (χ3v) is 4.84. The third-order valence-electron chi connectivity index (χ3n) is 3.64. The molecule has 2 aromatic rings. The number of ether oxygens (including phenoxy) is 1. The van der Waals surface area contributed by atoms with Crippen molar-refractivity contribution in [1.82, 2.24) is 0 Å². The highest BCUT2D eigenvalue weighted by atomic mass is 127. The molecule has 1 amide bonds. The summed E-state index contributed by atoms with van der Waals surface area (Å²) in [5, 5.41) is 21.7. The minimum atomic E-state index is -1.10. The lowest BCUT2D eigenvalue weighted by Gasteiger charge is -2.23. The van der Waals surface area contributed by atoms with Crippen molar-refractivity contribution in [2.24, 2.45) is 5.92 Å². The van der Waals surface area contributed by atoms with Crippen LogP contribution in [0.3, 0.4) is 0 Å². The normalized spacial score (nSPS) is 13.1. The molecule has 0 unspecified atom stereocenters. The number of aliphatic carboxylic acids is 1. The Bertz CT molecular complexity index is 854. The summed E-state index contributed by atoms with van der Waals surface area (Å²) in [6, 6.07) is 11.9. The van der Waals surface area contributed by atoms with Crippen molar-refractivity contribution < 1.29 is 24.5 Å². The molecular weight excluding hydrogens is 529 g/mol. The van der Waals surface area contributed by atoms with Gasteiger partial charge in [-0.1, -0.05) is 28.9 Å². The fourth-order valence-electron chi connectivity index (χ4n) is 2.34. The number of rotatable bonds is 6. The Hall–Kier alpha value is -2.07. The molecule has 0 spiro atoms. The van der Waals surface area contributed by atoms with Gasteiger partial charge < -0.3 is 14.9 Å². The van der Waals surface area contributed by atoms with Gasteiger partial charge >= 0.3 is 12.1 Å². The number of hydrogen-bond donors (Lipinski definition) is 3. The number of carboxylic acids is 1. The molecule has 2 aromatic carbocycles. The molecule has 0 aliphatic rings. The van der Waals surface area contributed by atoms with Crippen LogP contribution in [-0.2, 0) is 9.53 Å². The summed E-state index contributed by atoms with van der Waals surface area (Å²) in [5.74, 6) is -1.62. The van der Waals surface area contributed by atoms with Crippen molar-refractivity contribution in [2.45, 2.75) is 13.0 Å². The molecule has 27 heavy (non-hydrogen) atoms. The van der Waals surface area contributed by atoms with Crippen LogP contribution in [0.1, 0.15) is 18.6 Å². The van der Waals surface area contributed by atoms with Crippen molar-refractivity contribution in [3.63, 3.8) is 0 Å². The van der Waals surface area contributed by atoms with Gasteiger partial charge in [0.05, 0.1) is 0 Å². The van der Waals surface area contributed by atoms with Crippen molar-refractivity contribution in [2.75, 3.05) is 5.32 Å². The van der Waals surface area contributed by atoms with Gasteiger partial charge in [0, 0.05) is 31.3 Å². The first kappa shape index (κ1) is 21.2. The van der Waals surface area contributed by atoms with E-state index in [-0.39, 0.29) is 5.75 Å². The minimum absolute atomic E-state index is 0.0348. The zero-order chi connectivity index (χ0) is 20.0. The van der Waals surface area contributed by atoms with Crippen LogP contribution < -0.4 is 5.32 Å². The van der Waals surface area contributed by atoms with Crippen molar-refractivity contribution >= 4 is 56.3 Å². The van der Waals surface area contributed by atoms with Crippen LogP contribution in [0.25, 0.3) is 0 Å². The van der Waals surface area contributed by atoms with Gasteiger partial charge in [0.15, 0.2) is 0 Å². The molecular formula is C19H17BrINO5. The zero-order valence-electron chi connectivity index (χ0n) is 14.2. The monoisotopic (exact) mass is 545 g/mol. The molecule has 0 fully saturated rings. The minimum Gasteiger partial charge on any atom is -0.508 e. The SMILES string of the molecule is C[C@@H](/C=C/C(=O)O)[C@H](OC(=O)Nc1ccc(Br)cc1)c1cc(I)ccc1O.